The topological polar surface area (TPSA) is 129 Å². The van der Waals surface area contributed by atoms with E-state index in [1.54, 1.807) is 0 Å². The van der Waals surface area contributed by atoms with Crippen LogP contribution in [0.1, 0.15) is 42.7 Å². The lowest BCUT2D eigenvalue weighted by atomic mass is 9.98. The zero-order valence-electron chi connectivity index (χ0n) is 17.5. The minimum absolute atomic E-state index is 0.0659. The van der Waals surface area contributed by atoms with E-state index in [0.717, 1.165) is 22.3 Å². The molecule has 0 radical (unpaired) electrons. The average Bonchev–Trinajstić information content (AvgIpc) is 3.11. The normalized spacial score (nSPS) is 12.7. The second-order valence-corrected chi connectivity index (χ2v) is 7.51. The van der Waals surface area contributed by atoms with Crippen LogP contribution >= 0.6 is 0 Å². The first-order valence-corrected chi connectivity index (χ1v) is 10.5. The Morgan fingerprint density at radius 1 is 1.06 bits per heavy atom. The van der Waals surface area contributed by atoms with Crippen molar-refractivity contribution in [2.45, 2.75) is 37.6 Å². The molecule has 0 aliphatic heterocycles. The summed E-state index contributed by atoms with van der Waals surface area (Å²) < 4.78 is 5.45. The fourth-order valence-electron chi connectivity index (χ4n) is 3.82. The molecule has 1 aliphatic carbocycles. The van der Waals surface area contributed by atoms with Gasteiger partial charge in [-0.3, -0.25) is 9.59 Å². The minimum atomic E-state index is -1.07. The fraction of sp³-hybridized carbons (Fsp3) is 0.333. The van der Waals surface area contributed by atoms with Crippen LogP contribution in [0.4, 0.5) is 4.79 Å². The van der Waals surface area contributed by atoms with Gasteiger partial charge in [0, 0.05) is 25.3 Å². The Morgan fingerprint density at radius 2 is 1.69 bits per heavy atom. The van der Waals surface area contributed by atoms with Gasteiger partial charge in [0.15, 0.2) is 0 Å². The van der Waals surface area contributed by atoms with Gasteiger partial charge in [-0.05, 0) is 35.1 Å². The van der Waals surface area contributed by atoms with E-state index in [4.69, 9.17) is 15.1 Å². The summed E-state index contributed by atoms with van der Waals surface area (Å²) in [6.07, 6.45) is -0.364. The Hall–Kier alpha value is -3.86. The minimum Gasteiger partial charge on any atom is -0.481 e. The fourth-order valence-corrected chi connectivity index (χ4v) is 3.82. The number of hydrogen-bond acceptors (Lipinski definition) is 5. The number of nitrogens with one attached hydrogen (secondary N) is 2. The number of rotatable bonds is 10. The third kappa shape index (κ3) is 5.64. The van der Waals surface area contributed by atoms with E-state index < -0.39 is 24.0 Å². The summed E-state index contributed by atoms with van der Waals surface area (Å²) in [5, 5.41) is 22.6. The second-order valence-electron chi connectivity index (χ2n) is 7.51. The summed E-state index contributed by atoms with van der Waals surface area (Å²) in [5.41, 5.74) is 4.35. The molecular formula is C24H25N3O5. The van der Waals surface area contributed by atoms with Gasteiger partial charge in [0.1, 0.15) is 12.6 Å². The lowest BCUT2D eigenvalue weighted by Crippen LogP contribution is -2.47. The van der Waals surface area contributed by atoms with E-state index in [0.29, 0.717) is 12.8 Å². The van der Waals surface area contributed by atoms with Gasteiger partial charge in [-0.1, -0.05) is 48.5 Å². The van der Waals surface area contributed by atoms with E-state index in [1.165, 1.54) is 0 Å². The van der Waals surface area contributed by atoms with E-state index in [-0.39, 0.29) is 31.9 Å². The van der Waals surface area contributed by atoms with E-state index in [2.05, 4.69) is 10.6 Å². The molecule has 0 heterocycles. The third-order valence-electron chi connectivity index (χ3n) is 5.36. The van der Waals surface area contributed by atoms with Crippen molar-refractivity contribution in [2.24, 2.45) is 0 Å². The largest absolute Gasteiger partial charge is 0.481 e. The van der Waals surface area contributed by atoms with Crippen molar-refractivity contribution < 1.29 is 24.2 Å². The van der Waals surface area contributed by atoms with Crippen LogP contribution in [0, 0.1) is 11.3 Å². The van der Waals surface area contributed by atoms with E-state index in [1.807, 2.05) is 54.6 Å². The Morgan fingerprint density at radius 3 is 2.28 bits per heavy atom. The molecule has 0 bridgehead atoms. The first-order valence-electron chi connectivity index (χ1n) is 10.5. The highest BCUT2D eigenvalue weighted by Gasteiger charge is 2.29. The van der Waals surface area contributed by atoms with Gasteiger partial charge in [-0.2, -0.15) is 5.26 Å². The Kier molecular flexibility index (Phi) is 7.81. The number of unbranched alkanes of at least 4 members (excludes halogenated alkanes) is 1. The van der Waals surface area contributed by atoms with Crippen molar-refractivity contribution in [3.63, 3.8) is 0 Å². The number of fused-ring (bicyclic) bond motifs is 3. The SMILES string of the molecule is N#CCCCNC(=O)C(CCC(=O)O)NC(=O)OCC1c2ccccc2-c2ccccc21. The molecule has 3 N–H and O–H groups in total. The molecule has 2 aromatic carbocycles. The number of carbonyl (C=O) groups is 3. The molecule has 8 heteroatoms. The lowest BCUT2D eigenvalue weighted by Gasteiger charge is -2.19. The Bertz CT molecular complexity index is 985. The van der Waals surface area contributed by atoms with Crippen molar-refractivity contribution in [1.82, 2.24) is 10.6 Å². The van der Waals surface area contributed by atoms with Crippen LogP contribution < -0.4 is 10.6 Å². The molecule has 8 nitrogen and oxygen atoms in total. The summed E-state index contributed by atoms with van der Waals surface area (Å²) in [6, 6.07) is 16.8. The lowest BCUT2D eigenvalue weighted by molar-refractivity contribution is -0.137. The maximum atomic E-state index is 12.5. The number of carbonyl (C=O) groups excluding carboxylic acids is 2. The quantitative estimate of drug-likeness (QED) is 0.492. The van der Waals surface area contributed by atoms with Gasteiger partial charge in [0.25, 0.3) is 0 Å². The summed E-state index contributed by atoms with van der Waals surface area (Å²) in [5.74, 6) is -1.69. The molecule has 166 valence electrons. The van der Waals surface area contributed by atoms with Crippen molar-refractivity contribution in [1.29, 1.82) is 5.26 Å². The summed E-state index contributed by atoms with van der Waals surface area (Å²) >= 11 is 0. The van der Waals surface area contributed by atoms with Crippen molar-refractivity contribution >= 4 is 18.0 Å². The zero-order valence-corrected chi connectivity index (χ0v) is 17.5. The molecule has 2 amide bonds. The van der Waals surface area contributed by atoms with Gasteiger partial charge >= 0.3 is 12.1 Å². The van der Waals surface area contributed by atoms with Gasteiger partial charge in [0.2, 0.25) is 5.91 Å². The van der Waals surface area contributed by atoms with Crippen LogP contribution in [0.5, 0.6) is 0 Å². The molecule has 1 atom stereocenters. The molecule has 0 saturated heterocycles. The number of benzene rings is 2. The second kappa shape index (κ2) is 11.0. The maximum absolute atomic E-state index is 12.5. The first-order chi connectivity index (χ1) is 15.5. The molecule has 32 heavy (non-hydrogen) atoms. The highest BCUT2D eigenvalue weighted by atomic mass is 16.5. The van der Waals surface area contributed by atoms with Crippen LogP contribution in [-0.2, 0) is 14.3 Å². The number of ether oxygens (including phenoxy) is 1. The number of nitrogens with zero attached hydrogens (tertiary/aromatic N) is 1. The molecular weight excluding hydrogens is 410 g/mol. The first kappa shape index (κ1) is 22.8. The van der Waals surface area contributed by atoms with Gasteiger partial charge < -0.3 is 20.5 Å². The number of nitriles is 1. The van der Waals surface area contributed by atoms with Crippen molar-refractivity contribution in [2.75, 3.05) is 13.2 Å². The van der Waals surface area contributed by atoms with E-state index in [9.17, 15) is 14.4 Å². The van der Waals surface area contributed by atoms with Gasteiger partial charge in [-0.15, -0.1) is 0 Å². The van der Waals surface area contributed by atoms with Crippen LogP contribution in [-0.4, -0.2) is 42.3 Å². The number of amides is 2. The Labute approximate surface area is 186 Å². The monoisotopic (exact) mass is 435 g/mol. The zero-order chi connectivity index (χ0) is 22.9. The average molecular weight is 435 g/mol. The molecule has 0 fully saturated rings. The summed E-state index contributed by atoms with van der Waals surface area (Å²) in [7, 11) is 0. The highest BCUT2D eigenvalue weighted by molar-refractivity contribution is 5.86. The molecule has 0 saturated carbocycles. The smallest absolute Gasteiger partial charge is 0.407 e. The van der Waals surface area contributed by atoms with Crippen LogP contribution in [0.3, 0.4) is 0 Å². The third-order valence-corrected chi connectivity index (χ3v) is 5.36. The number of carboxylic acid groups (broad SMARTS) is 1. The molecule has 3 rings (SSSR count). The number of carboxylic acids is 1. The van der Waals surface area contributed by atoms with Crippen LogP contribution in [0.25, 0.3) is 11.1 Å². The van der Waals surface area contributed by atoms with E-state index >= 15 is 0 Å². The predicted molar refractivity (Wildman–Crippen MR) is 117 cm³/mol. The van der Waals surface area contributed by atoms with Crippen LogP contribution in [0.2, 0.25) is 0 Å². The molecule has 1 aliphatic rings. The molecule has 0 spiro atoms. The number of aliphatic carboxylic acids is 1. The highest BCUT2D eigenvalue weighted by Crippen LogP contribution is 2.44. The van der Waals surface area contributed by atoms with Gasteiger partial charge in [0.05, 0.1) is 6.07 Å². The molecule has 0 aromatic heterocycles. The van der Waals surface area contributed by atoms with Crippen molar-refractivity contribution in [3.8, 4) is 17.2 Å². The van der Waals surface area contributed by atoms with Gasteiger partial charge in [-0.25, -0.2) is 4.79 Å². The molecule has 1 unspecified atom stereocenters. The standard InChI is InChI=1S/C24H25N3O5/c25-13-5-6-14-26-23(30)21(11-12-22(28)29)27-24(31)32-15-20-18-9-3-1-7-16(18)17-8-2-4-10-19(17)20/h1-4,7-10,20-21H,5-6,11-12,14-15H2,(H,26,30)(H,27,31)(H,28,29). The van der Waals surface area contributed by atoms with Crippen molar-refractivity contribution in [3.05, 3.63) is 59.7 Å². The van der Waals surface area contributed by atoms with Crippen LogP contribution in [0.15, 0.2) is 48.5 Å². The molecule has 2 aromatic rings. The predicted octanol–water partition coefficient (Wildman–Crippen LogP) is 3.18. The Balaban J connectivity index is 1.61. The summed E-state index contributed by atoms with van der Waals surface area (Å²) in [4.78, 5) is 35.8. The number of alkyl carbamates (subject to hydrolysis) is 1. The summed E-state index contributed by atoms with van der Waals surface area (Å²) in [6.45, 7) is 0.359. The number of hydrogen-bond donors (Lipinski definition) is 3. The maximum Gasteiger partial charge on any atom is 0.407 e.